The van der Waals surface area contributed by atoms with Crippen LogP contribution in [0.1, 0.15) is 24.9 Å². The fourth-order valence-electron chi connectivity index (χ4n) is 1.36. The summed E-state index contributed by atoms with van der Waals surface area (Å²) < 4.78 is 39.4. The van der Waals surface area contributed by atoms with Crippen LogP contribution in [0.5, 0.6) is 5.75 Å². The molecule has 1 atom stereocenters. The molecule has 0 aliphatic carbocycles. The Morgan fingerprint density at radius 1 is 1.35 bits per heavy atom. The van der Waals surface area contributed by atoms with Gasteiger partial charge in [-0.3, -0.25) is 0 Å². The highest BCUT2D eigenvalue weighted by Crippen LogP contribution is 2.26. The second-order valence-electron chi connectivity index (χ2n) is 3.26. The molecule has 6 heteroatoms. The molecule has 0 aliphatic rings. The summed E-state index contributed by atoms with van der Waals surface area (Å²) in [7, 11) is 0. The Kier molecular flexibility index (Phi) is 4.29. The summed E-state index contributed by atoms with van der Waals surface area (Å²) in [4.78, 5) is 13.7. The SMILES string of the molecule is CC[C@@H](N=C=O)c1ccc(OC(F)(F)F)cc1. The van der Waals surface area contributed by atoms with Crippen molar-refractivity contribution >= 4 is 6.08 Å². The van der Waals surface area contributed by atoms with Crippen LogP contribution in [0.4, 0.5) is 13.2 Å². The third-order valence-electron chi connectivity index (χ3n) is 2.09. The number of rotatable bonds is 4. The molecule has 17 heavy (non-hydrogen) atoms. The molecule has 0 bridgehead atoms. The van der Waals surface area contributed by atoms with Gasteiger partial charge in [-0.05, 0) is 24.1 Å². The highest BCUT2D eigenvalue weighted by atomic mass is 19.4. The zero-order valence-corrected chi connectivity index (χ0v) is 8.99. The number of carbonyl (C=O) groups excluding carboxylic acids is 1. The lowest BCUT2D eigenvalue weighted by Gasteiger charge is -2.11. The topological polar surface area (TPSA) is 38.7 Å². The summed E-state index contributed by atoms with van der Waals surface area (Å²) in [5.74, 6) is -0.300. The van der Waals surface area contributed by atoms with Crippen LogP contribution in [-0.2, 0) is 4.79 Å². The summed E-state index contributed by atoms with van der Waals surface area (Å²) in [5.41, 5.74) is 0.644. The Labute approximate surface area is 95.9 Å². The molecule has 0 aromatic heterocycles. The molecule has 92 valence electrons. The fraction of sp³-hybridized carbons (Fsp3) is 0.364. The number of hydrogen-bond acceptors (Lipinski definition) is 3. The van der Waals surface area contributed by atoms with Crippen molar-refractivity contribution in [3.8, 4) is 5.75 Å². The fourth-order valence-corrected chi connectivity index (χ4v) is 1.36. The first kappa shape index (κ1) is 13.3. The standard InChI is InChI=1S/C11H10F3NO2/c1-2-10(15-7-16)8-3-5-9(6-4-8)17-11(12,13)14/h3-6,10H,2H2,1H3/t10-/m1/s1. The third kappa shape index (κ3) is 4.28. The minimum atomic E-state index is -4.70. The molecule has 1 aromatic carbocycles. The van der Waals surface area contributed by atoms with E-state index in [9.17, 15) is 18.0 Å². The van der Waals surface area contributed by atoms with E-state index in [1.54, 1.807) is 0 Å². The highest BCUT2D eigenvalue weighted by molar-refractivity contribution is 5.36. The number of alkyl halides is 3. The summed E-state index contributed by atoms with van der Waals surface area (Å²) in [6, 6.07) is 4.87. The van der Waals surface area contributed by atoms with E-state index < -0.39 is 6.36 Å². The van der Waals surface area contributed by atoms with Crippen LogP contribution in [0.25, 0.3) is 0 Å². The van der Waals surface area contributed by atoms with Gasteiger partial charge in [0.2, 0.25) is 6.08 Å². The van der Waals surface area contributed by atoms with E-state index in [-0.39, 0.29) is 11.8 Å². The number of halogens is 3. The van der Waals surface area contributed by atoms with Gasteiger partial charge in [-0.25, -0.2) is 4.79 Å². The van der Waals surface area contributed by atoms with Crippen molar-refractivity contribution in [2.45, 2.75) is 25.7 Å². The maximum atomic E-state index is 11.9. The van der Waals surface area contributed by atoms with E-state index in [0.717, 1.165) is 0 Å². The predicted molar refractivity (Wildman–Crippen MR) is 54.3 cm³/mol. The maximum absolute atomic E-state index is 11.9. The second kappa shape index (κ2) is 5.50. The van der Waals surface area contributed by atoms with Gasteiger partial charge in [-0.1, -0.05) is 19.1 Å². The largest absolute Gasteiger partial charge is 0.573 e. The maximum Gasteiger partial charge on any atom is 0.573 e. The van der Waals surface area contributed by atoms with Crippen LogP contribution in [0.2, 0.25) is 0 Å². The molecule has 0 aliphatic heterocycles. The van der Waals surface area contributed by atoms with Gasteiger partial charge in [0.15, 0.2) is 0 Å². The number of benzene rings is 1. The van der Waals surface area contributed by atoms with Crippen molar-refractivity contribution in [2.75, 3.05) is 0 Å². The molecular weight excluding hydrogens is 235 g/mol. The minimum absolute atomic E-state index is 0.300. The Bertz CT molecular complexity index is 408. The first-order chi connectivity index (χ1) is 7.96. The number of aliphatic imine (C=N–C) groups is 1. The van der Waals surface area contributed by atoms with Crippen LogP contribution in [0.15, 0.2) is 29.3 Å². The van der Waals surface area contributed by atoms with Crippen LogP contribution < -0.4 is 4.74 Å². The van der Waals surface area contributed by atoms with Crippen LogP contribution in [0.3, 0.4) is 0 Å². The lowest BCUT2D eigenvalue weighted by Crippen LogP contribution is -2.17. The molecule has 0 saturated carbocycles. The molecule has 0 N–H and O–H groups in total. The zero-order chi connectivity index (χ0) is 12.9. The Hall–Kier alpha value is -1.81. The first-order valence-corrected chi connectivity index (χ1v) is 4.89. The van der Waals surface area contributed by atoms with Crippen molar-refractivity contribution in [1.29, 1.82) is 0 Å². The van der Waals surface area contributed by atoms with Gasteiger partial charge in [0, 0.05) is 0 Å². The number of nitrogens with zero attached hydrogens (tertiary/aromatic N) is 1. The van der Waals surface area contributed by atoms with E-state index in [1.807, 2.05) is 6.92 Å². The third-order valence-corrected chi connectivity index (χ3v) is 2.09. The van der Waals surface area contributed by atoms with Gasteiger partial charge < -0.3 is 4.74 Å². The summed E-state index contributed by atoms with van der Waals surface area (Å²) in [6.45, 7) is 1.81. The molecule has 0 fully saturated rings. The summed E-state index contributed by atoms with van der Waals surface area (Å²) in [6.07, 6.45) is -2.70. The molecule has 0 heterocycles. The predicted octanol–water partition coefficient (Wildman–Crippen LogP) is 3.37. The number of hydrogen-bond donors (Lipinski definition) is 0. The van der Waals surface area contributed by atoms with Crippen LogP contribution >= 0.6 is 0 Å². The van der Waals surface area contributed by atoms with Crippen LogP contribution in [-0.4, -0.2) is 12.4 Å². The van der Waals surface area contributed by atoms with Gasteiger partial charge in [0.1, 0.15) is 5.75 Å². The molecule has 0 saturated heterocycles. The lowest BCUT2D eigenvalue weighted by atomic mass is 10.1. The average Bonchev–Trinajstić information content (AvgIpc) is 2.25. The minimum Gasteiger partial charge on any atom is -0.406 e. The summed E-state index contributed by atoms with van der Waals surface area (Å²) >= 11 is 0. The van der Waals surface area contributed by atoms with Crippen molar-refractivity contribution in [2.24, 2.45) is 4.99 Å². The van der Waals surface area contributed by atoms with Crippen LogP contribution in [0, 0.1) is 0 Å². The number of isocyanates is 1. The highest BCUT2D eigenvalue weighted by Gasteiger charge is 2.31. The van der Waals surface area contributed by atoms with E-state index >= 15 is 0 Å². The Morgan fingerprint density at radius 2 is 1.94 bits per heavy atom. The van der Waals surface area contributed by atoms with E-state index in [4.69, 9.17) is 0 Å². The van der Waals surface area contributed by atoms with Crippen molar-refractivity contribution in [3.05, 3.63) is 29.8 Å². The first-order valence-electron chi connectivity index (χ1n) is 4.89. The van der Waals surface area contributed by atoms with E-state index in [2.05, 4.69) is 9.73 Å². The van der Waals surface area contributed by atoms with Crippen molar-refractivity contribution in [3.63, 3.8) is 0 Å². The molecule has 0 amide bonds. The van der Waals surface area contributed by atoms with E-state index in [0.29, 0.717) is 12.0 Å². The molecule has 0 spiro atoms. The molecule has 3 nitrogen and oxygen atoms in total. The van der Waals surface area contributed by atoms with Gasteiger partial charge in [0.05, 0.1) is 6.04 Å². The molecule has 0 radical (unpaired) electrons. The van der Waals surface area contributed by atoms with Gasteiger partial charge >= 0.3 is 6.36 Å². The Balaban J connectivity index is 2.83. The smallest absolute Gasteiger partial charge is 0.406 e. The molecule has 0 unspecified atom stereocenters. The van der Waals surface area contributed by atoms with Gasteiger partial charge in [0.25, 0.3) is 0 Å². The number of ether oxygens (including phenoxy) is 1. The monoisotopic (exact) mass is 245 g/mol. The molecular formula is C11H10F3NO2. The molecule has 1 aromatic rings. The quantitative estimate of drug-likeness (QED) is 0.602. The zero-order valence-electron chi connectivity index (χ0n) is 8.99. The van der Waals surface area contributed by atoms with Crippen molar-refractivity contribution < 1.29 is 22.7 Å². The second-order valence-corrected chi connectivity index (χ2v) is 3.26. The summed E-state index contributed by atoms with van der Waals surface area (Å²) in [5, 5.41) is 0. The Morgan fingerprint density at radius 3 is 2.35 bits per heavy atom. The average molecular weight is 245 g/mol. The van der Waals surface area contributed by atoms with E-state index in [1.165, 1.54) is 30.3 Å². The van der Waals surface area contributed by atoms with Gasteiger partial charge in [-0.2, -0.15) is 4.99 Å². The van der Waals surface area contributed by atoms with Crippen molar-refractivity contribution in [1.82, 2.24) is 0 Å². The molecule has 1 rings (SSSR count). The normalized spacial score (nSPS) is 12.7. The lowest BCUT2D eigenvalue weighted by molar-refractivity contribution is -0.274. The van der Waals surface area contributed by atoms with Gasteiger partial charge in [-0.15, -0.1) is 13.2 Å².